The molecule has 1 aromatic rings. The first-order valence-corrected chi connectivity index (χ1v) is 7.30. The molecule has 0 radical (unpaired) electrons. The topological polar surface area (TPSA) is 18.5 Å². The molecule has 2 unspecified atom stereocenters. The molecule has 0 bridgehead atoms. The van der Waals surface area contributed by atoms with Gasteiger partial charge < -0.3 is 10.2 Å². The van der Waals surface area contributed by atoms with E-state index in [1.54, 1.807) is 0 Å². The molecule has 0 saturated carbocycles. The van der Waals surface area contributed by atoms with E-state index < -0.39 is 0 Å². The monoisotopic (exact) mass is 261 g/mol. The molecule has 19 heavy (non-hydrogen) atoms. The number of rotatable bonds is 4. The van der Waals surface area contributed by atoms with Crippen LogP contribution in [0, 0.1) is 6.92 Å². The minimum absolute atomic E-state index is 0.608. The Balaban J connectivity index is 2.07. The number of nitrogens with one attached hydrogen (secondary N) is 1. The van der Waals surface area contributed by atoms with E-state index in [1.807, 2.05) is 7.05 Å². The highest BCUT2D eigenvalue weighted by Gasteiger charge is 2.28. The minimum Gasteiger partial charge on any atom is -0.368 e. The molecule has 1 aromatic carbocycles. The van der Waals surface area contributed by atoms with Gasteiger partial charge in [0.05, 0.1) is 0 Å². The summed E-state index contributed by atoms with van der Waals surface area (Å²) >= 11 is 0. The van der Waals surface area contributed by atoms with E-state index >= 15 is 0 Å². The van der Waals surface area contributed by atoms with Crippen LogP contribution >= 0.6 is 0 Å². The molecule has 1 aliphatic rings. The average Bonchev–Trinajstić information content (AvgIpc) is 2.41. The molecule has 1 aliphatic heterocycles. The molecule has 3 heteroatoms. The van der Waals surface area contributed by atoms with Gasteiger partial charge in [-0.2, -0.15) is 0 Å². The smallest absolute Gasteiger partial charge is 0.0367 e. The Hall–Kier alpha value is -1.06. The second-order valence-corrected chi connectivity index (χ2v) is 5.80. The maximum absolute atomic E-state index is 3.27. The third-order valence-electron chi connectivity index (χ3n) is 4.31. The number of hydrogen-bond donors (Lipinski definition) is 1. The largest absolute Gasteiger partial charge is 0.368 e. The van der Waals surface area contributed by atoms with Gasteiger partial charge in [0.25, 0.3) is 0 Å². The molecule has 0 amide bonds. The average molecular weight is 261 g/mol. The lowest BCUT2D eigenvalue weighted by molar-refractivity contribution is 0.150. The number of aryl methyl sites for hydroxylation is 1. The third-order valence-corrected chi connectivity index (χ3v) is 4.31. The lowest BCUT2D eigenvalue weighted by Crippen LogP contribution is -2.56. The standard InChI is InChI=1S/C16H27N3/c1-13-5-7-15(8-6-13)19-11-14(2)18(4)16(12-19)9-10-17-3/h5-8,14,16-17H,9-12H2,1-4H3. The van der Waals surface area contributed by atoms with E-state index in [2.05, 4.69) is 60.3 Å². The van der Waals surface area contributed by atoms with Crippen molar-refractivity contribution in [1.29, 1.82) is 0 Å². The number of hydrogen-bond acceptors (Lipinski definition) is 3. The van der Waals surface area contributed by atoms with Crippen LogP contribution < -0.4 is 10.2 Å². The fourth-order valence-electron chi connectivity index (χ4n) is 2.84. The lowest BCUT2D eigenvalue weighted by atomic mass is 10.0. The van der Waals surface area contributed by atoms with Crippen LogP contribution in [0.2, 0.25) is 0 Å². The summed E-state index contributed by atoms with van der Waals surface area (Å²) in [6.45, 7) is 7.81. The highest BCUT2D eigenvalue weighted by atomic mass is 15.3. The van der Waals surface area contributed by atoms with E-state index in [0.29, 0.717) is 12.1 Å². The highest BCUT2D eigenvalue weighted by Crippen LogP contribution is 2.23. The van der Waals surface area contributed by atoms with Gasteiger partial charge in [-0.25, -0.2) is 0 Å². The van der Waals surface area contributed by atoms with Crippen molar-refractivity contribution in [2.24, 2.45) is 0 Å². The first-order chi connectivity index (χ1) is 9.11. The second kappa shape index (κ2) is 6.40. The molecule has 3 nitrogen and oxygen atoms in total. The molecule has 1 fully saturated rings. The van der Waals surface area contributed by atoms with Crippen LogP contribution in [0.15, 0.2) is 24.3 Å². The molecule has 0 spiro atoms. The van der Waals surface area contributed by atoms with Crippen molar-refractivity contribution in [3.05, 3.63) is 29.8 Å². The molecule has 2 rings (SSSR count). The van der Waals surface area contributed by atoms with Gasteiger partial charge in [0.1, 0.15) is 0 Å². The van der Waals surface area contributed by atoms with Gasteiger partial charge in [-0.3, -0.25) is 4.90 Å². The molecule has 1 heterocycles. The van der Waals surface area contributed by atoms with Crippen molar-refractivity contribution >= 4 is 5.69 Å². The van der Waals surface area contributed by atoms with Gasteiger partial charge in [0, 0.05) is 30.9 Å². The maximum Gasteiger partial charge on any atom is 0.0367 e. The van der Waals surface area contributed by atoms with Crippen molar-refractivity contribution in [2.45, 2.75) is 32.4 Å². The Morgan fingerprint density at radius 1 is 1.21 bits per heavy atom. The SMILES string of the molecule is CNCCC1CN(c2ccc(C)cc2)CC(C)N1C. The molecular formula is C16H27N3. The summed E-state index contributed by atoms with van der Waals surface area (Å²) in [6, 6.07) is 10.2. The van der Waals surface area contributed by atoms with E-state index in [0.717, 1.165) is 19.6 Å². The summed E-state index contributed by atoms with van der Waals surface area (Å²) < 4.78 is 0. The Morgan fingerprint density at radius 3 is 2.53 bits per heavy atom. The van der Waals surface area contributed by atoms with Crippen LogP contribution in [0.5, 0.6) is 0 Å². The van der Waals surface area contributed by atoms with Gasteiger partial charge >= 0.3 is 0 Å². The van der Waals surface area contributed by atoms with E-state index in [4.69, 9.17) is 0 Å². The molecule has 0 aliphatic carbocycles. The summed E-state index contributed by atoms with van der Waals surface area (Å²) in [5.41, 5.74) is 2.69. The van der Waals surface area contributed by atoms with E-state index in [1.165, 1.54) is 17.7 Å². The molecule has 1 N–H and O–H groups in total. The van der Waals surface area contributed by atoms with Gasteiger partial charge in [0.2, 0.25) is 0 Å². The van der Waals surface area contributed by atoms with Crippen molar-refractivity contribution in [3.8, 4) is 0 Å². The maximum atomic E-state index is 3.27. The van der Waals surface area contributed by atoms with Crippen LogP contribution in [0.25, 0.3) is 0 Å². The number of anilines is 1. The highest BCUT2D eigenvalue weighted by molar-refractivity contribution is 5.48. The molecule has 0 aromatic heterocycles. The Morgan fingerprint density at radius 2 is 1.89 bits per heavy atom. The molecule has 2 atom stereocenters. The van der Waals surface area contributed by atoms with Gasteiger partial charge in [-0.15, -0.1) is 0 Å². The predicted molar refractivity (Wildman–Crippen MR) is 82.9 cm³/mol. The van der Waals surface area contributed by atoms with Crippen LogP contribution in [-0.2, 0) is 0 Å². The Kier molecular flexibility index (Phi) is 4.83. The van der Waals surface area contributed by atoms with Crippen LogP contribution in [0.3, 0.4) is 0 Å². The Labute approximate surface area is 117 Å². The zero-order valence-corrected chi connectivity index (χ0v) is 12.7. The fourth-order valence-corrected chi connectivity index (χ4v) is 2.84. The first-order valence-electron chi connectivity index (χ1n) is 7.30. The molecule has 1 saturated heterocycles. The lowest BCUT2D eigenvalue weighted by Gasteiger charge is -2.45. The summed E-state index contributed by atoms with van der Waals surface area (Å²) in [6.07, 6.45) is 1.21. The quantitative estimate of drug-likeness (QED) is 0.895. The number of nitrogens with zero attached hydrogens (tertiary/aromatic N) is 2. The fraction of sp³-hybridized carbons (Fsp3) is 0.625. The van der Waals surface area contributed by atoms with Crippen LogP contribution in [-0.4, -0.2) is 50.7 Å². The minimum atomic E-state index is 0.608. The van der Waals surface area contributed by atoms with Crippen LogP contribution in [0.1, 0.15) is 18.9 Å². The number of likely N-dealkylation sites (N-methyl/N-ethyl adjacent to an activating group) is 1. The van der Waals surface area contributed by atoms with E-state index in [9.17, 15) is 0 Å². The molecular weight excluding hydrogens is 234 g/mol. The first kappa shape index (κ1) is 14.4. The third kappa shape index (κ3) is 3.48. The zero-order chi connectivity index (χ0) is 13.8. The van der Waals surface area contributed by atoms with Crippen LogP contribution in [0.4, 0.5) is 5.69 Å². The van der Waals surface area contributed by atoms with Crippen molar-refractivity contribution < 1.29 is 0 Å². The van der Waals surface area contributed by atoms with Gasteiger partial charge in [0.15, 0.2) is 0 Å². The second-order valence-electron chi connectivity index (χ2n) is 5.80. The summed E-state index contributed by atoms with van der Waals surface area (Å²) in [7, 11) is 4.29. The predicted octanol–water partition coefficient (Wildman–Crippen LogP) is 2.11. The zero-order valence-electron chi connectivity index (χ0n) is 12.7. The number of piperazine rings is 1. The van der Waals surface area contributed by atoms with Gasteiger partial charge in [-0.05, 0) is 53.0 Å². The molecule has 106 valence electrons. The van der Waals surface area contributed by atoms with E-state index in [-0.39, 0.29) is 0 Å². The van der Waals surface area contributed by atoms with Crippen molar-refractivity contribution in [3.63, 3.8) is 0 Å². The van der Waals surface area contributed by atoms with Gasteiger partial charge in [-0.1, -0.05) is 17.7 Å². The normalized spacial score (nSPS) is 24.7. The number of benzene rings is 1. The summed E-state index contributed by atoms with van der Waals surface area (Å²) in [5.74, 6) is 0. The summed E-state index contributed by atoms with van der Waals surface area (Å²) in [5, 5.41) is 3.27. The summed E-state index contributed by atoms with van der Waals surface area (Å²) in [4.78, 5) is 5.06. The van der Waals surface area contributed by atoms with Crippen molar-refractivity contribution in [1.82, 2.24) is 10.2 Å². The van der Waals surface area contributed by atoms with Crippen molar-refractivity contribution in [2.75, 3.05) is 38.6 Å². The Bertz CT molecular complexity index is 387.